The van der Waals surface area contributed by atoms with Crippen LogP contribution in [0.25, 0.3) is 0 Å². The van der Waals surface area contributed by atoms with E-state index in [0.717, 1.165) is 0 Å². The highest BCUT2D eigenvalue weighted by Crippen LogP contribution is 2.32. The van der Waals surface area contributed by atoms with Gasteiger partial charge in [-0.2, -0.15) is 43.2 Å². The summed E-state index contributed by atoms with van der Waals surface area (Å²) in [6, 6.07) is 0. The van der Waals surface area contributed by atoms with Gasteiger partial charge in [-0.05, 0) is 6.08 Å². The van der Waals surface area contributed by atoms with Crippen LogP contribution in [0.3, 0.4) is 0 Å². The molecule has 15 heteroatoms. The van der Waals surface area contributed by atoms with Crippen LogP contribution in [-0.4, -0.2) is 34.1 Å². The predicted molar refractivity (Wildman–Crippen MR) is 60.9 cm³/mol. The van der Waals surface area contributed by atoms with Crippen LogP contribution in [0.4, 0.5) is 26.3 Å². The summed E-state index contributed by atoms with van der Waals surface area (Å²) in [5.74, 6) is 0. The molecule has 1 heterocycles. The smallest absolute Gasteiger partial charge is 0.366 e. The van der Waals surface area contributed by atoms with E-state index >= 15 is 0 Å². The zero-order chi connectivity index (χ0) is 17.7. The van der Waals surface area contributed by atoms with Gasteiger partial charge in [-0.3, -0.25) is 4.99 Å². The molecule has 0 unspecified atom stereocenters. The zero-order valence-electron chi connectivity index (χ0n) is 9.96. The molecule has 1 rings (SSSR count). The van der Waals surface area contributed by atoms with Crippen molar-refractivity contribution in [2.45, 2.75) is 11.0 Å². The average molecular weight is 376 g/mol. The maximum Gasteiger partial charge on any atom is 0.524 e. The predicted octanol–water partition coefficient (Wildman–Crippen LogP) is 1.35. The summed E-state index contributed by atoms with van der Waals surface area (Å²) in [5, 5.41) is 2.86. The standard InChI is InChI=1S/C5H6N2.C2F6O5S2/c1-2-6-4-5-7-3-1;3-1(4,5)14(9,10)13-15(11,12)2(6,7)8/h1-6H;. The first-order valence-electron chi connectivity index (χ1n) is 4.64. The van der Waals surface area contributed by atoms with Gasteiger partial charge in [-0.25, -0.2) is 0 Å². The lowest BCUT2D eigenvalue weighted by atomic mass is 10.7. The minimum atomic E-state index is -6.85. The van der Waals surface area contributed by atoms with E-state index in [1.807, 2.05) is 15.9 Å². The van der Waals surface area contributed by atoms with E-state index in [1.54, 1.807) is 18.6 Å². The maximum absolute atomic E-state index is 11.4. The Bertz CT molecular complexity index is 602. The van der Waals surface area contributed by atoms with E-state index in [9.17, 15) is 43.2 Å². The average Bonchev–Trinajstić information content (AvgIpc) is 2.56. The van der Waals surface area contributed by atoms with Crippen LogP contribution in [0, 0.1) is 0 Å². The first-order valence-corrected chi connectivity index (χ1v) is 7.45. The van der Waals surface area contributed by atoms with Gasteiger partial charge in [0.05, 0.1) is 0 Å². The van der Waals surface area contributed by atoms with E-state index < -0.39 is 31.3 Å². The van der Waals surface area contributed by atoms with Crippen LogP contribution in [0.15, 0.2) is 29.7 Å². The molecule has 0 fully saturated rings. The topological polar surface area (TPSA) is 102 Å². The van der Waals surface area contributed by atoms with Gasteiger partial charge < -0.3 is 5.32 Å². The number of hydrogen-bond acceptors (Lipinski definition) is 7. The number of halogens is 6. The van der Waals surface area contributed by atoms with Crippen molar-refractivity contribution in [2.75, 3.05) is 0 Å². The molecule has 0 radical (unpaired) electrons. The summed E-state index contributed by atoms with van der Waals surface area (Å²) < 4.78 is 110. The second-order valence-electron chi connectivity index (χ2n) is 3.01. The first-order chi connectivity index (χ1) is 9.71. The van der Waals surface area contributed by atoms with Gasteiger partial charge in [0.1, 0.15) is 0 Å². The summed E-state index contributed by atoms with van der Waals surface area (Å²) in [7, 11) is -13.7. The molecule has 0 aromatic heterocycles. The van der Waals surface area contributed by atoms with Gasteiger partial charge >= 0.3 is 31.3 Å². The van der Waals surface area contributed by atoms with E-state index in [2.05, 4.69) is 10.3 Å². The number of aliphatic imine (C=N–C) groups is 1. The molecule has 1 N–H and O–H groups in total. The summed E-state index contributed by atoms with van der Waals surface area (Å²) >= 11 is 0. The van der Waals surface area contributed by atoms with Gasteiger partial charge in [0.2, 0.25) is 0 Å². The summed E-state index contributed by atoms with van der Waals surface area (Å²) in [6.45, 7) is 0. The minimum absolute atomic E-state index is 1.69. The van der Waals surface area contributed by atoms with Crippen molar-refractivity contribution >= 4 is 26.5 Å². The molecule has 1 aliphatic rings. The van der Waals surface area contributed by atoms with Crippen LogP contribution in [-0.2, 0) is 23.9 Å². The van der Waals surface area contributed by atoms with E-state index in [-0.39, 0.29) is 0 Å². The normalized spacial score (nSPS) is 15.5. The van der Waals surface area contributed by atoms with Crippen molar-refractivity contribution in [3.8, 4) is 0 Å². The second-order valence-corrected chi connectivity index (χ2v) is 6.29. The number of alkyl halides is 6. The summed E-state index contributed by atoms with van der Waals surface area (Å²) in [5.41, 5.74) is -12.5. The Morgan fingerprint density at radius 1 is 0.864 bits per heavy atom. The van der Waals surface area contributed by atoms with E-state index in [0.29, 0.717) is 0 Å². The molecule has 22 heavy (non-hydrogen) atoms. The second kappa shape index (κ2) is 7.10. The van der Waals surface area contributed by atoms with Gasteiger partial charge in [0.15, 0.2) is 0 Å². The first kappa shape index (κ1) is 20.4. The van der Waals surface area contributed by atoms with Crippen LogP contribution in [0.5, 0.6) is 0 Å². The van der Waals surface area contributed by atoms with Crippen molar-refractivity contribution in [3.63, 3.8) is 0 Å². The Morgan fingerprint density at radius 3 is 1.73 bits per heavy atom. The third-order valence-corrected chi connectivity index (χ3v) is 3.93. The van der Waals surface area contributed by atoms with E-state index in [1.165, 1.54) is 0 Å². The highest BCUT2D eigenvalue weighted by Gasteiger charge is 2.57. The number of allylic oxidation sites excluding steroid dienone is 1. The zero-order valence-corrected chi connectivity index (χ0v) is 11.6. The number of nitrogens with one attached hydrogen (secondary N) is 1. The van der Waals surface area contributed by atoms with Crippen LogP contribution in [0.1, 0.15) is 0 Å². The van der Waals surface area contributed by atoms with Crippen LogP contribution in [0.2, 0.25) is 0 Å². The highest BCUT2D eigenvalue weighted by atomic mass is 32.3. The van der Waals surface area contributed by atoms with Gasteiger partial charge in [0.25, 0.3) is 0 Å². The van der Waals surface area contributed by atoms with Gasteiger partial charge in [-0.15, -0.1) is 3.63 Å². The molecule has 0 atom stereocenters. The Balaban J connectivity index is 0.000000518. The Hall–Kier alpha value is -1.61. The largest absolute Gasteiger partial charge is 0.524 e. The van der Waals surface area contributed by atoms with E-state index in [4.69, 9.17) is 0 Å². The Labute approximate surface area is 120 Å². The number of rotatable bonds is 2. The van der Waals surface area contributed by atoms with Crippen molar-refractivity contribution in [1.82, 2.24) is 5.32 Å². The van der Waals surface area contributed by atoms with Crippen molar-refractivity contribution in [2.24, 2.45) is 4.99 Å². The lowest BCUT2D eigenvalue weighted by Gasteiger charge is -2.09. The Kier molecular flexibility index (Phi) is 6.58. The quantitative estimate of drug-likeness (QED) is 0.577. The fourth-order valence-electron chi connectivity index (χ4n) is 0.535. The van der Waals surface area contributed by atoms with Gasteiger partial charge in [0, 0.05) is 24.8 Å². The SMILES string of the molecule is C1=CNC=CN=C1.O=S(=O)(OS(=O)(=O)C(F)(F)F)C(F)(F)F. The van der Waals surface area contributed by atoms with Crippen molar-refractivity contribution in [3.05, 3.63) is 24.7 Å². The number of nitrogens with zero attached hydrogens (tertiary/aromatic N) is 1. The lowest BCUT2D eigenvalue weighted by molar-refractivity contribution is -0.0585. The molecule has 0 saturated carbocycles. The van der Waals surface area contributed by atoms with Gasteiger partial charge in [-0.1, -0.05) is 0 Å². The molecule has 0 saturated heterocycles. The third-order valence-electron chi connectivity index (χ3n) is 1.37. The van der Waals surface area contributed by atoms with Crippen molar-refractivity contribution < 1.29 is 46.8 Å². The minimum Gasteiger partial charge on any atom is -0.366 e. The molecule has 128 valence electrons. The van der Waals surface area contributed by atoms with Crippen LogP contribution >= 0.6 is 0 Å². The number of hydrogen-bond donors (Lipinski definition) is 1. The molecule has 1 aliphatic heterocycles. The Morgan fingerprint density at radius 2 is 1.32 bits per heavy atom. The van der Waals surface area contributed by atoms with Crippen molar-refractivity contribution in [1.29, 1.82) is 0 Å². The molecule has 0 amide bonds. The molecule has 0 aliphatic carbocycles. The maximum atomic E-state index is 11.4. The fraction of sp³-hybridized carbons (Fsp3) is 0.286. The molecule has 0 aromatic carbocycles. The monoisotopic (exact) mass is 376 g/mol. The molecule has 7 nitrogen and oxygen atoms in total. The summed E-state index contributed by atoms with van der Waals surface area (Å²) in [6.07, 6.45) is 8.82. The fourth-order valence-corrected chi connectivity index (χ4v) is 2.10. The molecule has 0 aromatic rings. The highest BCUT2D eigenvalue weighted by molar-refractivity contribution is 8.00. The van der Waals surface area contributed by atoms with Crippen LogP contribution < -0.4 is 5.32 Å². The summed E-state index contributed by atoms with van der Waals surface area (Å²) in [4.78, 5) is 3.82. The third kappa shape index (κ3) is 6.44. The lowest BCUT2D eigenvalue weighted by Crippen LogP contribution is -2.34. The molecular formula is C7H6F6N2O5S2. The molecule has 0 bridgehead atoms. The molecular weight excluding hydrogens is 370 g/mol. The molecule has 0 spiro atoms.